The summed E-state index contributed by atoms with van der Waals surface area (Å²) in [4.78, 5) is 20.5. The van der Waals surface area contributed by atoms with E-state index in [1.807, 2.05) is 36.0 Å². The smallest absolute Gasteiger partial charge is 0.180 e. The summed E-state index contributed by atoms with van der Waals surface area (Å²) >= 11 is 0. The van der Waals surface area contributed by atoms with Gasteiger partial charge in [0, 0.05) is 37.0 Å². The minimum absolute atomic E-state index is 0.244. The van der Waals surface area contributed by atoms with E-state index in [4.69, 9.17) is 0 Å². The summed E-state index contributed by atoms with van der Waals surface area (Å²) in [7, 11) is 1.83. The lowest BCUT2D eigenvalue weighted by Gasteiger charge is -2.09. The SMILES string of the molecule is CNc1ncc(-c2ccc3c(c2)CCC3=O)n2ccnc12. The van der Waals surface area contributed by atoms with Crippen molar-refractivity contribution in [3.05, 3.63) is 47.9 Å². The first-order chi connectivity index (χ1) is 10.3. The van der Waals surface area contributed by atoms with E-state index in [1.54, 1.807) is 6.20 Å². The van der Waals surface area contributed by atoms with Gasteiger partial charge in [-0.1, -0.05) is 12.1 Å². The molecule has 2 aromatic heterocycles. The third-order valence-corrected chi connectivity index (χ3v) is 3.99. The molecule has 1 aliphatic rings. The molecule has 0 saturated carbocycles. The van der Waals surface area contributed by atoms with Crippen LogP contribution in [0.25, 0.3) is 16.9 Å². The van der Waals surface area contributed by atoms with Gasteiger partial charge < -0.3 is 5.32 Å². The Kier molecular flexibility index (Phi) is 2.54. The zero-order chi connectivity index (χ0) is 14.4. The van der Waals surface area contributed by atoms with Crippen LogP contribution >= 0.6 is 0 Å². The quantitative estimate of drug-likeness (QED) is 0.782. The van der Waals surface area contributed by atoms with Gasteiger partial charge in [0.25, 0.3) is 0 Å². The first-order valence-electron chi connectivity index (χ1n) is 6.94. The number of aryl methyl sites for hydroxylation is 1. The number of carbonyl (C=O) groups is 1. The number of benzene rings is 1. The molecule has 0 fully saturated rings. The Hall–Kier alpha value is -2.69. The summed E-state index contributed by atoms with van der Waals surface area (Å²) in [6.07, 6.45) is 6.97. The van der Waals surface area contributed by atoms with Crippen molar-refractivity contribution in [2.75, 3.05) is 12.4 Å². The molecule has 0 atom stereocenters. The maximum Gasteiger partial charge on any atom is 0.180 e. The number of imidazole rings is 1. The summed E-state index contributed by atoms with van der Waals surface area (Å²) in [5, 5.41) is 3.04. The van der Waals surface area contributed by atoms with Crippen molar-refractivity contribution < 1.29 is 4.79 Å². The standard InChI is InChI=1S/C16H14N4O/c1-17-15-16-18-6-7-20(16)13(9-19-15)11-2-4-12-10(8-11)3-5-14(12)21/h2,4,6-9H,3,5H2,1H3,(H,17,19). The van der Waals surface area contributed by atoms with Gasteiger partial charge in [-0.25, -0.2) is 9.97 Å². The molecule has 5 nitrogen and oxygen atoms in total. The number of aromatic nitrogens is 3. The van der Waals surface area contributed by atoms with E-state index in [9.17, 15) is 4.79 Å². The van der Waals surface area contributed by atoms with Crippen LogP contribution in [0.4, 0.5) is 5.82 Å². The number of carbonyl (C=O) groups excluding carboxylic acids is 1. The number of hydrogen-bond donors (Lipinski definition) is 1. The molecular formula is C16H14N4O. The van der Waals surface area contributed by atoms with Crippen molar-refractivity contribution in [1.29, 1.82) is 0 Å². The number of rotatable bonds is 2. The van der Waals surface area contributed by atoms with E-state index in [0.29, 0.717) is 6.42 Å². The Morgan fingerprint density at radius 1 is 1.24 bits per heavy atom. The number of fused-ring (bicyclic) bond motifs is 2. The van der Waals surface area contributed by atoms with E-state index in [-0.39, 0.29) is 5.78 Å². The predicted octanol–water partition coefficient (Wildman–Crippen LogP) is 2.57. The number of Topliss-reactive ketones (excluding diaryl/α,β-unsaturated/α-hetero) is 1. The van der Waals surface area contributed by atoms with Crippen LogP contribution < -0.4 is 5.32 Å². The molecule has 0 aliphatic heterocycles. The minimum atomic E-state index is 0.244. The summed E-state index contributed by atoms with van der Waals surface area (Å²) in [5.74, 6) is 0.994. The Morgan fingerprint density at radius 3 is 3.00 bits per heavy atom. The topological polar surface area (TPSA) is 59.3 Å². The molecule has 0 bridgehead atoms. The minimum Gasteiger partial charge on any atom is -0.370 e. The lowest BCUT2D eigenvalue weighted by Crippen LogP contribution is -2.00. The lowest BCUT2D eigenvalue weighted by molar-refractivity contribution is 0.0994. The van der Waals surface area contributed by atoms with Gasteiger partial charge in [0.05, 0.1) is 11.9 Å². The summed E-state index contributed by atoms with van der Waals surface area (Å²) in [6, 6.07) is 6.00. The highest BCUT2D eigenvalue weighted by Gasteiger charge is 2.20. The lowest BCUT2D eigenvalue weighted by atomic mass is 10.0. The largest absolute Gasteiger partial charge is 0.370 e. The average Bonchev–Trinajstić information content (AvgIpc) is 3.13. The van der Waals surface area contributed by atoms with Crippen LogP contribution in [-0.2, 0) is 6.42 Å². The number of nitrogens with one attached hydrogen (secondary N) is 1. The van der Waals surface area contributed by atoms with Crippen LogP contribution in [-0.4, -0.2) is 27.2 Å². The van der Waals surface area contributed by atoms with Crippen LogP contribution in [0, 0.1) is 0 Å². The molecule has 0 saturated heterocycles. The number of hydrogen-bond acceptors (Lipinski definition) is 4. The van der Waals surface area contributed by atoms with E-state index >= 15 is 0 Å². The highest BCUT2D eigenvalue weighted by Crippen LogP contribution is 2.29. The van der Waals surface area contributed by atoms with Gasteiger partial charge in [-0.2, -0.15) is 0 Å². The van der Waals surface area contributed by atoms with Crippen LogP contribution in [0.5, 0.6) is 0 Å². The molecule has 0 radical (unpaired) electrons. The molecule has 1 aliphatic carbocycles. The predicted molar refractivity (Wildman–Crippen MR) is 80.6 cm³/mol. The molecular weight excluding hydrogens is 264 g/mol. The number of ketones is 1. The summed E-state index contributed by atoms with van der Waals surface area (Å²) < 4.78 is 2.01. The number of nitrogens with zero attached hydrogens (tertiary/aromatic N) is 3. The maximum absolute atomic E-state index is 11.7. The first kappa shape index (κ1) is 12.1. The Morgan fingerprint density at radius 2 is 2.14 bits per heavy atom. The number of anilines is 1. The molecule has 2 heterocycles. The van der Waals surface area contributed by atoms with Gasteiger partial charge in [0.1, 0.15) is 0 Å². The highest BCUT2D eigenvalue weighted by molar-refractivity contribution is 6.00. The van der Waals surface area contributed by atoms with Crippen molar-refractivity contribution in [3.63, 3.8) is 0 Å². The zero-order valence-corrected chi connectivity index (χ0v) is 11.6. The molecule has 1 aromatic carbocycles. The molecule has 1 N–H and O–H groups in total. The molecule has 21 heavy (non-hydrogen) atoms. The van der Waals surface area contributed by atoms with Gasteiger partial charge in [0.15, 0.2) is 17.2 Å². The highest BCUT2D eigenvalue weighted by atomic mass is 16.1. The fourth-order valence-electron chi connectivity index (χ4n) is 2.92. The zero-order valence-electron chi connectivity index (χ0n) is 11.6. The molecule has 0 spiro atoms. The van der Waals surface area contributed by atoms with Crippen molar-refractivity contribution in [2.24, 2.45) is 0 Å². The first-order valence-corrected chi connectivity index (χ1v) is 6.94. The van der Waals surface area contributed by atoms with Gasteiger partial charge >= 0.3 is 0 Å². The summed E-state index contributed by atoms with van der Waals surface area (Å²) in [5.41, 5.74) is 4.82. The van der Waals surface area contributed by atoms with Crippen LogP contribution in [0.3, 0.4) is 0 Å². The van der Waals surface area contributed by atoms with Crippen molar-refractivity contribution in [2.45, 2.75) is 12.8 Å². The normalized spacial score (nSPS) is 13.7. The second kappa shape index (κ2) is 4.41. The van der Waals surface area contributed by atoms with Gasteiger partial charge in [-0.05, 0) is 18.1 Å². The average molecular weight is 278 g/mol. The fraction of sp³-hybridized carbons (Fsp3) is 0.188. The fourth-order valence-corrected chi connectivity index (χ4v) is 2.92. The maximum atomic E-state index is 11.7. The second-order valence-electron chi connectivity index (χ2n) is 5.16. The van der Waals surface area contributed by atoms with E-state index in [1.165, 1.54) is 0 Å². The Bertz CT molecular complexity index is 866. The van der Waals surface area contributed by atoms with E-state index in [2.05, 4.69) is 21.4 Å². The monoisotopic (exact) mass is 278 g/mol. The third kappa shape index (κ3) is 1.74. The van der Waals surface area contributed by atoms with Gasteiger partial charge in [-0.15, -0.1) is 0 Å². The van der Waals surface area contributed by atoms with Crippen molar-refractivity contribution in [3.8, 4) is 11.3 Å². The Labute approximate surface area is 121 Å². The third-order valence-electron chi connectivity index (χ3n) is 3.99. The Balaban J connectivity index is 1.91. The van der Waals surface area contributed by atoms with Gasteiger partial charge in [-0.3, -0.25) is 9.20 Å². The van der Waals surface area contributed by atoms with Crippen LogP contribution in [0.2, 0.25) is 0 Å². The second-order valence-corrected chi connectivity index (χ2v) is 5.16. The molecule has 3 aromatic rings. The van der Waals surface area contributed by atoms with Crippen LogP contribution in [0.1, 0.15) is 22.3 Å². The van der Waals surface area contributed by atoms with Crippen LogP contribution in [0.15, 0.2) is 36.8 Å². The molecule has 4 rings (SSSR count). The molecule has 5 heteroatoms. The molecule has 104 valence electrons. The van der Waals surface area contributed by atoms with Crippen molar-refractivity contribution in [1.82, 2.24) is 14.4 Å². The summed E-state index contributed by atoms with van der Waals surface area (Å²) in [6.45, 7) is 0. The van der Waals surface area contributed by atoms with Crippen molar-refractivity contribution >= 4 is 17.2 Å². The van der Waals surface area contributed by atoms with E-state index < -0.39 is 0 Å². The van der Waals surface area contributed by atoms with E-state index in [0.717, 1.165) is 40.3 Å². The molecule has 0 unspecified atom stereocenters. The van der Waals surface area contributed by atoms with Gasteiger partial charge in [0.2, 0.25) is 0 Å². The molecule has 0 amide bonds.